The molecule has 0 aromatic heterocycles. The minimum atomic E-state index is -4.13. The van der Waals surface area contributed by atoms with Crippen LogP contribution in [0.15, 0.2) is 0 Å². The molecule has 1 aliphatic carbocycles. The summed E-state index contributed by atoms with van der Waals surface area (Å²) >= 11 is 1.80. The fraction of sp³-hybridized carbons (Fsp3) is 0.923. The Balaban J connectivity index is 1.75. The predicted molar refractivity (Wildman–Crippen MR) is 73.7 cm³/mol. The molecule has 2 fully saturated rings. The molecule has 2 N–H and O–H groups in total. The molecule has 3 atom stereocenters. The highest BCUT2D eigenvalue weighted by atomic mass is 32.2. The number of alkyl halides is 3. The molecule has 116 valence electrons. The van der Waals surface area contributed by atoms with E-state index in [0.29, 0.717) is 19.3 Å². The summed E-state index contributed by atoms with van der Waals surface area (Å²) in [6.07, 6.45) is -2.36. The van der Waals surface area contributed by atoms with Gasteiger partial charge in [-0.3, -0.25) is 4.79 Å². The number of hydrogen-bond acceptors (Lipinski definition) is 3. The first-order chi connectivity index (χ1) is 9.45. The second kappa shape index (κ2) is 7.02. The summed E-state index contributed by atoms with van der Waals surface area (Å²) in [5.74, 6) is 0.555. The second-order valence-corrected chi connectivity index (χ2v) is 6.75. The van der Waals surface area contributed by atoms with Crippen molar-refractivity contribution in [3.05, 3.63) is 0 Å². The number of carbonyl (C=O) groups is 1. The van der Waals surface area contributed by atoms with Crippen LogP contribution in [0.1, 0.15) is 32.1 Å². The summed E-state index contributed by atoms with van der Waals surface area (Å²) in [5, 5.41) is 6.04. The Bertz CT molecular complexity index is 332. The molecule has 1 saturated heterocycles. The van der Waals surface area contributed by atoms with Crippen molar-refractivity contribution in [2.45, 2.75) is 50.4 Å². The van der Waals surface area contributed by atoms with E-state index in [1.54, 1.807) is 11.8 Å². The van der Waals surface area contributed by atoms with Crippen molar-refractivity contribution >= 4 is 17.7 Å². The summed E-state index contributed by atoms with van der Waals surface area (Å²) in [6, 6.07) is -0.171. The summed E-state index contributed by atoms with van der Waals surface area (Å²) in [6.45, 7) is 0.891. The maximum absolute atomic E-state index is 12.7. The number of nitrogens with one attached hydrogen (secondary N) is 2. The van der Waals surface area contributed by atoms with E-state index >= 15 is 0 Å². The number of carbonyl (C=O) groups excluding carboxylic acids is 1. The van der Waals surface area contributed by atoms with Crippen LogP contribution in [-0.4, -0.2) is 42.2 Å². The predicted octanol–water partition coefficient (Wildman–Crippen LogP) is 2.32. The van der Waals surface area contributed by atoms with Gasteiger partial charge in [0.1, 0.15) is 0 Å². The Labute approximate surface area is 121 Å². The first-order valence-corrected chi connectivity index (χ1v) is 8.28. The summed E-state index contributed by atoms with van der Waals surface area (Å²) in [5.41, 5.74) is 0. The number of hydrogen-bond donors (Lipinski definition) is 2. The van der Waals surface area contributed by atoms with Crippen LogP contribution in [0.5, 0.6) is 0 Å². The zero-order valence-corrected chi connectivity index (χ0v) is 12.2. The summed E-state index contributed by atoms with van der Waals surface area (Å²) in [7, 11) is 0. The van der Waals surface area contributed by atoms with E-state index in [0.717, 1.165) is 18.1 Å². The summed E-state index contributed by atoms with van der Waals surface area (Å²) in [4.78, 5) is 11.9. The molecule has 2 aliphatic rings. The van der Waals surface area contributed by atoms with Crippen molar-refractivity contribution in [1.82, 2.24) is 10.6 Å². The third-order valence-electron chi connectivity index (χ3n) is 3.93. The van der Waals surface area contributed by atoms with Crippen molar-refractivity contribution in [2.24, 2.45) is 5.92 Å². The van der Waals surface area contributed by atoms with Gasteiger partial charge < -0.3 is 10.6 Å². The van der Waals surface area contributed by atoms with Gasteiger partial charge in [-0.25, -0.2) is 0 Å². The highest BCUT2D eigenvalue weighted by Gasteiger charge is 2.42. The van der Waals surface area contributed by atoms with Crippen molar-refractivity contribution in [2.75, 3.05) is 18.1 Å². The average Bonchev–Trinajstić information content (AvgIpc) is 2.39. The Hall–Kier alpha value is -0.430. The second-order valence-electron chi connectivity index (χ2n) is 5.60. The Kier molecular flexibility index (Phi) is 5.60. The molecular formula is C13H21F3N2OS. The standard InChI is InChI=1S/C13H21F3N2OS/c14-13(15,16)9-2-1-3-10(6-9)18-12(19)7-11-8-20-5-4-17-11/h9-11,17H,1-8H2,(H,18,19). The molecule has 1 saturated carbocycles. The molecule has 1 aliphatic heterocycles. The Morgan fingerprint density at radius 1 is 1.35 bits per heavy atom. The van der Waals surface area contributed by atoms with Gasteiger partial charge in [0.05, 0.1) is 5.92 Å². The van der Waals surface area contributed by atoms with Crippen molar-refractivity contribution in [3.8, 4) is 0 Å². The highest BCUT2D eigenvalue weighted by molar-refractivity contribution is 7.99. The molecule has 0 spiro atoms. The van der Waals surface area contributed by atoms with E-state index in [9.17, 15) is 18.0 Å². The van der Waals surface area contributed by atoms with Crippen molar-refractivity contribution in [3.63, 3.8) is 0 Å². The molecule has 1 heterocycles. The van der Waals surface area contributed by atoms with Gasteiger partial charge in [0.15, 0.2) is 0 Å². The SMILES string of the molecule is O=C(CC1CSCCN1)NC1CCCC(C(F)(F)F)C1. The van der Waals surface area contributed by atoms with Gasteiger partial charge in [-0.05, 0) is 19.3 Å². The fourth-order valence-corrected chi connectivity index (χ4v) is 3.83. The van der Waals surface area contributed by atoms with E-state index in [-0.39, 0.29) is 30.8 Å². The molecule has 0 aromatic carbocycles. The van der Waals surface area contributed by atoms with Gasteiger partial charge in [-0.1, -0.05) is 6.42 Å². The average molecular weight is 310 g/mol. The topological polar surface area (TPSA) is 41.1 Å². The van der Waals surface area contributed by atoms with Gasteiger partial charge >= 0.3 is 6.18 Å². The minimum absolute atomic E-state index is 0.0298. The lowest BCUT2D eigenvalue weighted by Crippen LogP contribution is -2.45. The van der Waals surface area contributed by atoms with E-state index in [2.05, 4.69) is 10.6 Å². The van der Waals surface area contributed by atoms with Gasteiger partial charge in [0, 0.05) is 36.6 Å². The maximum atomic E-state index is 12.7. The molecule has 3 unspecified atom stereocenters. The molecule has 1 amide bonds. The molecule has 7 heteroatoms. The molecular weight excluding hydrogens is 289 g/mol. The van der Waals surface area contributed by atoms with Crippen LogP contribution in [0.3, 0.4) is 0 Å². The summed E-state index contributed by atoms with van der Waals surface area (Å²) < 4.78 is 38.1. The Morgan fingerprint density at radius 2 is 2.15 bits per heavy atom. The van der Waals surface area contributed by atoms with Gasteiger partial charge in [0.2, 0.25) is 5.91 Å². The quantitative estimate of drug-likeness (QED) is 0.840. The number of thioether (sulfide) groups is 1. The van der Waals surface area contributed by atoms with Crippen LogP contribution in [-0.2, 0) is 4.79 Å². The third-order valence-corrected chi connectivity index (χ3v) is 5.06. The van der Waals surface area contributed by atoms with Gasteiger partial charge in [0.25, 0.3) is 0 Å². The van der Waals surface area contributed by atoms with Crippen LogP contribution < -0.4 is 10.6 Å². The van der Waals surface area contributed by atoms with Crippen LogP contribution in [0.2, 0.25) is 0 Å². The number of halogens is 3. The van der Waals surface area contributed by atoms with Crippen LogP contribution >= 0.6 is 11.8 Å². The lowest BCUT2D eigenvalue weighted by atomic mass is 9.85. The highest BCUT2D eigenvalue weighted by Crippen LogP contribution is 2.37. The van der Waals surface area contributed by atoms with Crippen LogP contribution in [0.25, 0.3) is 0 Å². The van der Waals surface area contributed by atoms with E-state index in [1.165, 1.54) is 0 Å². The van der Waals surface area contributed by atoms with E-state index in [1.807, 2.05) is 0 Å². The van der Waals surface area contributed by atoms with E-state index in [4.69, 9.17) is 0 Å². The maximum Gasteiger partial charge on any atom is 0.391 e. The molecule has 0 radical (unpaired) electrons. The largest absolute Gasteiger partial charge is 0.391 e. The Morgan fingerprint density at radius 3 is 2.80 bits per heavy atom. The zero-order valence-electron chi connectivity index (χ0n) is 11.3. The molecule has 0 aromatic rings. The zero-order chi connectivity index (χ0) is 14.6. The normalized spacial score (nSPS) is 31.9. The first-order valence-electron chi connectivity index (χ1n) is 7.12. The molecule has 3 nitrogen and oxygen atoms in total. The van der Waals surface area contributed by atoms with Gasteiger partial charge in [-0.15, -0.1) is 0 Å². The monoisotopic (exact) mass is 310 g/mol. The lowest BCUT2D eigenvalue weighted by molar-refractivity contribution is -0.184. The van der Waals surface area contributed by atoms with Gasteiger partial charge in [-0.2, -0.15) is 24.9 Å². The number of rotatable bonds is 3. The lowest BCUT2D eigenvalue weighted by Gasteiger charge is -2.31. The number of amides is 1. The van der Waals surface area contributed by atoms with E-state index < -0.39 is 12.1 Å². The van der Waals surface area contributed by atoms with Crippen molar-refractivity contribution in [1.29, 1.82) is 0 Å². The molecule has 0 bridgehead atoms. The van der Waals surface area contributed by atoms with Crippen molar-refractivity contribution < 1.29 is 18.0 Å². The smallest absolute Gasteiger partial charge is 0.353 e. The minimum Gasteiger partial charge on any atom is -0.353 e. The first kappa shape index (κ1) is 15.9. The molecule has 2 rings (SSSR count). The van der Waals surface area contributed by atoms with Crippen LogP contribution in [0, 0.1) is 5.92 Å². The van der Waals surface area contributed by atoms with Crippen LogP contribution in [0.4, 0.5) is 13.2 Å². The molecule has 20 heavy (non-hydrogen) atoms. The fourth-order valence-electron chi connectivity index (χ4n) is 2.88. The third kappa shape index (κ3) is 4.84.